The number of hydrogen-bond donors (Lipinski definition) is 0. The van der Waals surface area contributed by atoms with Crippen molar-refractivity contribution >= 4 is 11.8 Å². The third kappa shape index (κ3) is 3.83. The van der Waals surface area contributed by atoms with Crippen LogP contribution in [-0.4, -0.2) is 32.1 Å². The van der Waals surface area contributed by atoms with Crippen LogP contribution in [0.3, 0.4) is 0 Å². The Labute approximate surface area is 161 Å². The van der Waals surface area contributed by atoms with Crippen LogP contribution in [0.1, 0.15) is 63.9 Å². The fraction of sp³-hybridized carbons (Fsp3) is 0.636. The molecule has 1 unspecified atom stereocenters. The fourth-order valence-corrected chi connectivity index (χ4v) is 4.71. The molecular formula is C22H30O5. The average Bonchev–Trinajstić information content (AvgIpc) is 3.29. The van der Waals surface area contributed by atoms with Crippen molar-refractivity contribution in [3.05, 3.63) is 23.8 Å². The van der Waals surface area contributed by atoms with Gasteiger partial charge in [-0.3, -0.25) is 9.59 Å². The summed E-state index contributed by atoms with van der Waals surface area (Å²) in [5.41, 5.74) is 0.436. The van der Waals surface area contributed by atoms with Gasteiger partial charge in [0.1, 0.15) is 5.78 Å². The van der Waals surface area contributed by atoms with Crippen molar-refractivity contribution in [2.24, 2.45) is 11.3 Å². The quantitative estimate of drug-likeness (QED) is 0.696. The Balaban J connectivity index is 1.92. The molecule has 2 fully saturated rings. The Morgan fingerprint density at radius 3 is 2.41 bits per heavy atom. The molecule has 0 N–H and O–H groups in total. The van der Waals surface area contributed by atoms with Crippen LogP contribution in [-0.2, 0) is 14.3 Å². The van der Waals surface area contributed by atoms with Crippen molar-refractivity contribution in [1.82, 2.24) is 0 Å². The Hall–Kier alpha value is -2.04. The van der Waals surface area contributed by atoms with E-state index in [1.807, 2.05) is 25.1 Å². The van der Waals surface area contributed by atoms with E-state index in [9.17, 15) is 9.59 Å². The molecule has 2 aliphatic carbocycles. The molecule has 0 heterocycles. The molecule has 0 spiro atoms. The second-order valence-electron chi connectivity index (χ2n) is 8.12. The van der Waals surface area contributed by atoms with Crippen LogP contribution in [0.4, 0.5) is 0 Å². The van der Waals surface area contributed by atoms with Gasteiger partial charge < -0.3 is 14.2 Å². The molecule has 0 aliphatic heterocycles. The van der Waals surface area contributed by atoms with Crippen molar-refractivity contribution in [3.63, 3.8) is 0 Å². The standard InChI is InChI=1S/C22H30O5/c1-14(23)22(2)13-16(21(24)26-4)11-18(22)15-9-10-19(25-3)20(12-15)27-17-7-5-6-8-17/h9-10,12,16-18H,5-8,11,13H2,1-4H3/t16?,18-,22-/m0/s1. The summed E-state index contributed by atoms with van der Waals surface area (Å²) in [5, 5.41) is 0. The minimum absolute atomic E-state index is 0.0454. The molecular weight excluding hydrogens is 344 g/mol. The van der Waals surface area contributed by atoms with Crippen molar-refractivity contribution in [2.75, 3.05) is 14.2 Å². The minimum atomic E-state index is -0.585. The van der Waals surface area contributed by atoms with Gasteiger partial charge in [-0.05, 0) is 69.1 Å². The van der Waals surface area contributed by atoms with Crippen LogP contribution < -0.4 is 9.47 Å². The number of ketones is 1. The minimum Gasteiger partial charge on any atom is -0.493 e. The first-order valence-electron chi connectivity index (χ1n) is 9.82. The molecule has 0 aromatic heterocycles. The molecule has 27 heavy (non-hydrogen) atoms. The summed E-state index contributed by atoms with van der Waals surface area (Å²) < 4.78 is 16.6. The Morgan fingerprint density at radius 1 is 1.11 bits per heavy atom. The first kappa shape index (κ1) is 19.7. The first-order chi connectivity index (χ1) is 12.9. The monoisotopic (exact) mass is 374 g/mol. The highest BCUT2D eigenvalue weighted by molar-refractivity contribution is 5.85. The Bertz CT molecular complexity index is 707. The van der Waals surface area contributed by atoms with Crippen LogP contribution in [0.2, 0.25) is 0 Å². The summed E-state index contributed by atoms with van der Waals surface area (Å²) in [7, 11) is 3.04. The number of ether oxygens (including phenoxy) is 3. The van der Waals surface area contributed by atoms with Crippen molar-refractivity contribution in [2.45, 2.75) is 64.4 Å². The molecule has 2 aliphatic rings. The molecule has 2 saturated carbocycles. The fourth-order valence-electron chi connectivity index (χ4n) is 4.71. The van der Waals surface area contributed by atoms with E-state index in [2.05, 4.69) is 0 Å². The van der Waals surface area contributed by atoms with E-state index >= 15 is 0 Å². The molecule has 0 radical (unpaired) electrons. The summed E-state index contributed by atoms with van der Waals surface area (Å²) in [6, 6.07) is 5.90. The number of carbonyl (C=O) groups excluding carboxylic acids is 2. The normalized spacial score (nSPS) is 28.1. The number of hydrogen-bond acceptors (Lipinski definition) is 5. The van der Waals surface area contributed by atoms with Gasteiger partial charge in [0, 0.05) is 5.41 Å². The van der Waals surface area contributed by atoms with Crippen LogP contribution in [0.25, 0.3) is 0 Å². The highest BCUT2D eigenvalue weighted by atomic mass is 16.5. The molecule has 1 aromatic rings. The maximum absolute atomic E-state index is 12.5. The van der Waals surface area contributed by atoms with E-state index < -0.39 is 5.41 Å². The topological polar surface area (TPSA) is 61.8 Å². The summed E-state index contributed by atoms with van der Waals surface area (Å²) in [5.74, 6) is 1.01. The second kappa shape index (κ2) is 7.91. The van der Waals surface area contributed by atoms with Gasteiger partial charge in [0.25, 0.3) is 0 Å². The van der Waals surface area contributed by atoms with Crippen molar-refractivity contribution in [1.29, 1.82) is 0 Å². The van der Waals surface area contributed by atoms with E-state index in [0.717, 1.165) is 24.2 Å². The highest BCUT2D eigenvalue weighted by Gasteiger charge is 2.50. The number of carbonyl (C=O) groups is 2. The molecule has 1 aromatic carbocycles. The van der Waals surface area contributed by atoms with E-state index in [-0.39, 0.29) is 29.7 Å². The van der Waals surface area contributed by atoms with Gasteiger partial charge in [0.05, 0.1) is 26.2 Å². The zero-order valence-corrected chi connectivity index (χ0v) is 16.7. The predicted molar refractivity (Wildman–Crippen MR) is 102 cm³/mol. The van der Waals surface area contributed by atoms with Crippen molar-refractivity contribution in [3.8, 4) is 11.5 Å². The SMILES string of the molecule is COC(=O)C1C[C@@H](c2ccc(OC)c(OC3CCCC3)c2)[C@](C)(C(C)=O)C1. The molecule has 3 rings (SSSR count). The lowest BCUT2D eigenvalue weighted by atomic mass is 9.73. The number of methoxy groups -OCH3 is 2. The molecule has 3 atom stereocenters. The molecule has 0 saturated heterocycles. The number of rotatable bonds is 6. The van der Waals surface area contributed by atoms with Gasteiger partial charge in [-0.1, -0.05) is 13.0 Å². The predicted octanol–water partition coefficient (Wildman–Crippen LogP) is 4.28. The van der Waals surface area contributed by atoms with Gasteiger partial charge in [-0.2, -0.15) is 0 Å². The van der Waals surface area contributed by atoms with Crippen LogP contribution in [0.15, 0.2) is 18.2 Å². The van der Waals surface area contributed by atoms with Gasteiger partial charge in [-0.25, -0.2) is 0 Å². The van der Waals surface area contributed by atoms with E-state index in [0.29, 0.717) is 18.6 Å². The lowest BCUT2D eigenvalue weighted by molar-refractivity contribution is -0.145. The summed E-state index contributed by atoms with van der Waals surface area (Å²) in [6.45, 7) is 3.58. The number of Topliss-reactive ketones (excluding diaryl/α,β-unsaturated/α-hetero) is 1. The maximum atomic E-state index is 12.5. The summed E-state index contributed by atoms with van der Waals surface area (Å²) in [4.78, 5) is 24.6. The zero-order valence-electron chi connectivity index (χ0n) is 16.7. The van der Waals surface area contributed by atoms with E-state index in [4.69, 9.17) is 14.2 Å². The van der Waals surface area contributed by atoms with Crippen LogP contribution >= 0.6 is 0 Å². The summed E-state index contributed by atoms with van der Waals surface area (Å²) >= 11 is 0. The second-order valence-corrected chi connectivity index (χ2v) is 8.12. The van der Waals surface area contributed by atoms with Gasteiger partial charge in [-0.15, -0.1) is 0 Å². The molecule has 148 valence electrons. The van der Waals surface area contributed by atoms with E-state index in [1.165, 1.54) is 20.0 Å². The largest absolute Gasteiger partial charge is 0.493 e. The van der Waals surface area contributed by atoms with E-state index in [1.54, 1.807) is 14.0 Å². The molecule has 5 heteroatoms. The molecule has 0 bridgehead atoms. The van der Waals surface area contributed by atoms with Crippen molar-refractivity contribution < 1.29 is 23.8 Å². The Kier molecular flexibility index (Phi) is 5.78. The average molecular weight is 374 g/mol. The van der Waals surface area contributed by atoms with Gasteiger partial charge >= 0.3 is 5.97 Å². The molecule has 0 amide bonds. The third-order valence-electron chi connectivity index (χ3n) is 6.48. The lowest BCUT2D eigenvalue weighted by Crippen LogP contribution is -2.29. The number of benzene rings is 1. The first-order valence-corrected chi connectivity index (χ1v) is 9.82. The smallest absolute Gasteiger partial charge is 0.308 e. The van der Waals surface area contributed by atoms with Gasteiger partial charge in [0.15, 0.2) is 11.5 Å². The summed E-state index contributed by atoms with van der Waals surface area (Å²) in [6.07, 6.45) is 5.86. The van der Waals surface area contributed by atoms with Gasteiger partial charge in [0.2, 0.25) is 0 Å². The van der Waals surface area contributed by atoms with Crippen LogP contribution in [0.5, 0.6) is 11.5 Å². The maximum Gasteiger partial charge on any atom is 0.308 e. The van der Waals surface area contributed by atoms with Crippen LogP contribution in [0, 0.1) is 11.3 Å². The number of esters is 1. The molecule has 5 nitrogen and oxygen atoms in total. The lowest BCUT2D eigenvalue weighted by Gasteiger charge is -2.29. The third-order valence-corrected chi connectivity index (χ3v) is 6.48. The Morgan fingerprint density at radius 2 is 1.81 bits per heavy atom. The zero-order chi connectivity index (χ0) is 19.6. The highest BCUT2D eigenvalue weighted by Crippen LogP contribution is 2.53.